The Kier molecular flexibility index (Phi) is 7.38. The van der Waals surface area contributed by atoms with Gasteiger partial charge in [0.2, 0.25) is 0 Å². The Hall–Kier alpha value is -1.69. The van der Waals surface area contributed by atoms with Gasteiger partial charge in [0, 0.05) is 31.2 Å². The summed E-state index contributed by atoms with van der Waals surface area (Å²) < 4.78 is 27.6. The predicted molar refractivity (Wildman–Crippen MR) is 116 cm³/mol. The molecule has 8 nitrogen and oxygen atoms in total. The van der Waals surface area contributed by atoms with Crippen molar-refractivity contribution in [2.24, 2.45) is 5.73 Å². The number of nitrogens with one attached hydrogen (secondary N) is 1. The van der Waals surface area contributed by atoms with Crippen LogP contribution in [0, 0.1) is 0 Å². The number of hydrogen-bond donors (Lipinski definition) is 2. The maximum absolute atomic E-state index is 13.3. The third-order valence-corrected chi connectivity index (χ3v) is 8.28. The van der Waals surface area contributed by atoms with Gasteiger partial charge in [-0.15, -0.1) is 11.3 Å². The zero-order chi connectivity index (χ0) is 21.9. The van der Waals surface area contributed by atoms with E-state index in [0.29, 0.717) is 11.4 Å². The maximum atomic E-state index is 13.3. The van der Waals surface area contributed by atoms with Gasteiger partial charge in [0.05, 0.1) is 10.6 Å². The molecule has 0 aliphatic carbocycles. The Bertz CT molecular complexity index is 1030. The first kappa shape index (κ1) is 23.0. The lowest BCUT2D eigenvalue weighted by molar-refractivity contribution is -0.130. The van der Waals surface area contributed by atoms with Gasteiger partial charge in [-0.1, -0.05) is 29.3 Å². The highest BCUT2D eigenvalue weighted by molar-refractivity contribution is 7.91. The molecule has 162 valence electrons. The number of carbonyl (C=O) groups is 2. The summed E-state index contributed by atoms with van der Waals surface area (Å²) in [6, 6.07) is 7.46. The Balaban J connectivity index is 2.02. The summed E-state index contributed by atoms with van der Waals surface area (Å²) in [6.07, 6.45) is -1.00. The van der Waals surface area contributed by atoms with Crippen LogP contribution in [0.5, 0.6) is 0 Å². The van der Waals surface area contributed by atoms with Gasteiger partial charge in [-0.3, -0.25) is 9.59 Å². The number of halogens is 2. The minimum atomic E-state index is -3.99. The van der Waals surface area contributed by atoms with Crippen LogP contribution in [0.3, 0.4) is 0 Å². The second kappa shape index (κ2) is 9.63. The van der Waals surface area contributed by atoms with E-state index in [1.807, 2.05) is 0 Å². The van der Waals surface area contributed by atoms with Crippen LogP contribution in [0.1, 0.15) is 16.8 Å². The molecule has 1 unspecified atom stereocenters. The van der Waals surface area contributed by atoms with Crippen LogP contribution < -0.4 is 11.1 Å². The molecule has 2 amide bonds. The molecule has 0 bridgehead atoms. The summed E-state index contributed by atoms with van der Waals surface area (Å²) in [7, 11) is -3.99. The van der Waals surface area contributed by atoms with Crippen LogP contribution in [0.4, 0.5) is 0 Å². The standard InChI is InChI=1S/C18H20Cl2N4O4S2/c19-12-4-5-13(14(20)11-12)18(26)23-8-2-9-24(17(23)16(25)22-7-6-21)30(27,28)15-3-1-10-29-15/h1,3-5,10-11,17H,2,6-9,21H2,(H,22,25). The molecular formula is C18H20Cl2N4O4S2. The SMILES string of the molecule is NCCNC(=O)C1N(C(=O)c2ccc(Cl)cc2Cl)CCCN1S(=O)(=O)c1cccs1. The maximum Gasteiger partial charge on any atom is 0.259 e. The minimum absolute atomic E-state index is 0.0953. The predicted octanol–water partition coefficient (Wildman–Crippen LogP) is 1.99. The van der Waals surface area contributed by atoms with Crippen LogP contribution in [0.2, 0.25) is 10.0 Å². The molecule has 0 radical (unpaired) electrons. The fourth-order valence-corrected chi connectivity index (χ4v) is 6.37. The van der Waals surface area contributed by atoms with E-state index in [2.05, 4.69) is 5.32 Å². The first-order valence-corrected chi connectivity index (χ1v) is 12.1. The van der Waals surface area contributed by atoms with Gasteiger partial charge in [-0.25, -0.2) is 8.42 Å². The average molecular weight is 491 g/mol. The monoisotopic (exact) mass is 490 g/mol. The number of rotatable bonds is 6. The van der Waals surface area contributed by atoms with Crippen LogP contribution in [0.25, 0.3) is 0 Å². The number of sulfonamides is 1. The van der Waals surface area contributed by atoms with Crippen molar-refractivity contribution in [3.05, 3.63) is 51.3 Å². The average Bonchev–Trinajstić information content (AvgIpc) is 3.27. The number of nitrogens with zero attached hydrogens (tertiary/aromatic N) is 2. The van der Waals surface area contributed by atoms with Crippen molar-refractivity contribution in [2.75, 3.05) is 26.2 Å². The second-order valence-corrected chi connectivity index (χ2v) is 10.4. The topological polar surface area (TPSA) is 113 Å². The van der Waals surface area contributed by atoms with E-state index < -0.39 is 28.0 Å². The van der Waals surface area contributed by atoms with Gasteiger partial charge in [0.1, 0.15) is 4.21 Å². The van der Waals surface area contributed by atoms with E-state index in [1.54, 1.807) is 11.4 Å². The molecule has 1 aliphatic rings. The van der Waals surface area contributed by atoms with Gasteiger partial charge in [0.25, 0.3) is 21.8 Å². The van der Waals surface area contributed by atoms with Crippen LogP contribution >= 0.6 is 34.5 Å². The Labute approximate surface area is 188 Å². The highest BCUT2D eigenvalue weighted by atomic mass is 35.5. The molecule has 30 heavy (non-hydrogen) atoms. The van der Waals surface area contributed by atoms with E-state index >= 15 is 0 Å². The van der Waals surface area contributed by atoms with Crippen molar-refractivity contribution >= 4 is 56.4 Å². The highest BCUT2D eigenvalue weighted by Gasteiger charge is 2.44. The van der Waals surface area contributed by atoms with E-state index in [4.69, 9.17) is 28.9 Å². The summed E-state index contributed by atoms with van der Waals surface area (Å²) in [4.78, 5) is 27.4. The van der Waals surface area contributed by atoms with Gasteiger partial charge in [-0.05, 0) is 36.1 Å². The Morgan fingerprint density at radius 2 is 2.00 bits per heavy atom. The smallest absolute Gasteiger partial charge is 0.259 e. The Morgan fingerprint density at radius 3 is 2.63 bits per heavy atom. The summed E-state index contributed by atoms with van der Waals surface area (Å²) in [5.74, 6) is -1.19. The molecule has 1 aromatic heterocycles. The molecule has 12 heteroatoms. The van der Waals surface area contributed by atoms with Gasteiger partial charge in [-0.2, -0.15) is 4.31 Å². The van der Waals surface area contributed by atoms with Crippen molar-refractivity contribution in [1.82, 2.24) is 14.5 Å². The summed E-state index contributed by atoms with van der Waals surface area (Å²) in [6.45, 7) is 0.604. The third kappa shape index (κ3) is 4.63. The fraction of sp³-hybridized carbons (Fsp3) is 0.333. The van der Waals surface area contributed by atoms with Crippen LogP contribution in [-0.4, -0.2) is 61.8 Å². The molecule has 0 saturated carbocycles. The van der Waals surface area contributed by atoms with E-state index in [0.717, 1.165) is 15.6 Å². The lowest BCUT2D eigenvalue weighted by Gasteiger charge is -2.41. The summed E-state index contributed by atoms with van der Waals surface area (Å²) >= 11 is 13.1. The molecule has 1 atom stereocenters. The first-order valence-electron chi connectivity index (χ1n) is 9.06. The molecule has 1 fully saturated rings. The van der Waals surface area contributed by atoms with Crippen molar-refractivity contribution in [3.8, 4) is 0 Å². The lowest BCUT2D eigenvalue weighted by Crippen LogP contribution is -2.63. The van der Waals surface area contributed by atoms with E-state index in [9.17, 15) is 18.0 Å². The number of carbonyl (C=O) groups excluding carboxylic acids is 2. The minimum Gasteiger partial charge on any atom is -0.352 e. The first-order chi connectivity index (χ1) is 14.3. The lowest BCUT2D eigenvalue weighted by atomic mass is 10.1. The van der Waals surface area contributed by atoms with E-state index in [1.165, 1.54) is 29.2 Å². The summed E-state index contributed by atoms with van der Waals surface area (Å²) in [5.41, 5.74) is 5.60. The Morgan fingerprint density at radius 1 is 1.23 bits per heavy atom. The largest absolute Gasteiger partial charge is 0.352 e. The normalized spacial score (nSPS) is 17.7. The number of thiophene rings is 1. The molecular weight excluding hydrogens is 471 g/mol. The molecule has 2 heterocycles. The molecule has 2 aromatic rings. The van der Waals surface area contributed by atoms with Crippen molar-refractivity contribution in [1.29, 1.82) is 0 Å². The molecule has 0 spiro atoms. The highest BCUT2D eigenvalue weighted by Crippen LogP contribution is 2.29. The number of hydrogen-bond acceptors (Lipinski definition) is 6. The zero-order valence-corrected chi connectivity index (χ0v) is 18.9. The number of nitrogens with two attached hydrogens (primary N) is 1. The molecule has 1 aromatic carbocycles. The molecule has 1 saturated heterocycles. The quantitative estimate of drug-likeness (QED) is 0.642. The second-order valence-electron chi connectivity index (χ2n) is 6.48. The third-order valence-electron chi connectivity index (χ3n) is 4.50. The number of amides is 2. The summed E-state index contributed by atoms with van der Waals surface area (Å²) in [5, 5.41) is 4.70. The van der Waals surface area contributed by atoms with Gasteiger partial charge >= 0.3 is 0 Å². The zero-order valence-electron chi connectivity index (χ0n) is 15.8. The van der Waals surface area contributed by atoms with E-state index in [-0.39, 0.29) is 41.0 Å². The molecule has 1 aliphatic heterocycles. The van der Waals surface area contributed by atoms with Gasteiger partial charge in [0.15, 0.2) is 6.17 Å². The van der Waals surface area contributed by atoms with Crippen LogP contribution in [0.15, 0.2) is 39.9 Å². The van der Waals surface area contributed by atoms with Gasteiger partial charge < -0.3 is 16.0 Å². The fourth-order valence-electron chi connectivity index (χ4n) is 3.16. The molecule has 3 N–H and O–H groups in total. The van der Waals surface area contributed by atoms with Crippen molar-refractivity contribution in [2.45, 2.75) is 16.8 Å². The number of benzene rings is 1. The van der Waals surface area contributed by atoms with Crippen molar-refractivity contribution < 1.29 is 18.0 Å². The molecule has 3 rings (SSSR count). The van der Waals surface area contributed by atoms with Crippen LogP contribution in [-0.2, 0) is 14.8 Å². The van der Waals surface area contributed by atoms with Crippen molar-refractivity contribution in [3.63, 3.8) is 0 Å².